The van der Waals surface area contributed by atoms with E-state index in [1.807, 2.05) is 0 Å². The minimum atomic E-state index is -4.42. The zero-order valence-electron chi connectivity index (χ0n) is 9.51. The van der Waals surface area contributed by atoms with Crippen LogP contribution in [0.25, 0.3) is 0 Å². The Kier molecular flexibility index (Phi) is 3.09. The molecule has 1 aromatic heterocycles. The van der Waals surface area contributed by atoms with E-state index in [1.54, 1.807) is 14.0 Å². The highest BCUT2D eigenvalue weighted by Gasteiger charge is 2.35. The molecule has 17 heavy (non-hydrogen) atoms. The minimum absolute atomic E-state index is 0.101. The van der Waals surface area contributed by atoms with Gasteiger partial charge in [-0.3, -0.25) is 4.98 Å². The summed E-state index contributed by atoms with van der Waals surface area (Å²) in [7, 11) is 1.74. The number of fused-ring (bicyclic) bond motifs is 1. The number of rotatable bonds is 1. The summed E-state index contributed by atoms with van der Waals surface area (Å²) in [4.78, 5) is 3.48. The number of pyridine rings is 1. The average molecular weight is 246 g/mol. The van der Waals surface area contributed by atoms with Crippen molar-refractivity contribution in [3.8, 4) is 0 Å². The van der Waals surface area contributed by atoms with Gasteiger partial charge in [-0.05, 0) is 31.2 Å². The van der Waals surface area contributed by atoms with Crippen LogP contribution in [0.2, 0.25) is 0 Å². The molecule has 0 radical (unpaired) electrons. The summed E-state index contributed by atoms with van der Waals surface area (Å²) in [5.74, 6) is 0. The SMILES string of the molecule is CN[C@@H]1CO[C@H](C)c2cc(C(F)(F)F)ncc21. The lowest BCUT2D eigenvalue weighted by Crippen LogP contribution is -2.29. The highest BCUT2D eigenvalue weighted by molar-refractivity contribution is 5.33. The third-order valence-corrected chi connectivity index (χ3v) is 2.93. The Hall–Kier alpha value is -1.14. The van der Waals surface area contributed by atoms with E-state index in [1.165, 1.54) is 6.20 Å². The number of hydrogen-bond acceptors (Lipinski definition) is 3. The largest absolute Gasteiger partial charge is 0.433 e. The van der Waals surface area contributed by atoms with Crippen LogP contribution in [0.3, 0.4) is 0 Å². The van der Waals surface area contributed by atoms with E-state index in [4.69, 9.17) is 4.74 Å². The number of halogens is 3. The quantitative estimate of drug-likeness (QED) is 0.826. The fourth-order valence-electron chi connectivity index (χ4n) is 1.94. The van der Waals surface area contributed by atoms with Gasteiger partial charge in [-0.25, -0.2) is 0 Å². The topological polar surface area (TPSA) is 34.1 Å². The van der Waals surface area contributed by atoms with Crippen LogP contribution in [0.15, 0.2) is 12.3 Å². The molecule has 0 saturated heterocycles. The molecule has 2 atom stereocenters. The van der Waals surface area contributed by atoms with Gasteiger partial charge in [-0.2, -0.15) is 13.2 Å². The highest BCUT2D eigenvalue weighted by Crippen LogP contribution is 2.35. The first-order chi connectivity index (χ1) is 7.93. The van der Waals surface area contributed by atoms with Gasteiger partial charge in [-0.1, -0.05) is 0 Å². The van der Waals surface area contributed by atoms with E-state index in [2.05, 4.69) is 10.3 Å². The fourth-order valence-corrected chi connectivity index (χ4v) is 1.94. The van der Waals surface area contributed by atoms with Crippen LogP contribution in [0, 0.1) is 0 Å². The van der Waals surface area contributed by atoms with Crippen molar-refractivity contribution in [3.63, 3.8) is 0 Å². The summed E-state index contributed by atoms with van der Waals surface area (Å²) in [6.45, 7) is 2.18. The first kappa shape index (κ1) is 12.3. The van der Waals surface area contributed by atoms with Crippen molar-refractivity contribution in [1.82, 2.24) is 10.3 Å². The van der Waals surface area contributed by atoms with Gasteiger partial charge >= 0.3 is 6.18 Å². The van der Waals surface area contributed by atoms with Crippen molar-refractivity contribution >= 4 is 0 Å². The third-order valence-electron chi connectivity index (χ3n) is 2.93. The van der Waals surface area contributed by atoms with Crippen LogP contribution in [-0.2, 0) is 10.9 Å². The summed E-state index contributed by atoms with van der Waals surface area (Å²) in [5, 5.41) is 2.99. The van der Waals surface area contributed by atoms with Crippen molar-refractivity contribution in [3.05, 3.63) is 29.1 Å². The van der Waals surface area contributed by atoms with Gasteiger partial charge in [0.05, 0.1) is 18.8 Å². The van der Waals surface area contributed by atoms with Gasteiger partial charge in [0.15, 0.2) is 0 Å². The number of likely N-dealkylation sites (N-methyl/N-ethyl adjacent to an activating group) is 1. The van der Waals surface area contributed by atoms with Crippen LogP contribution in [0.4, 0.5) is 13.2 Å². The smallest absolute Gasteiger partial charge is 0.372 e. The van der Waals surface area contributed by atoms with Crippen LogP contribution >= 0.6 is 0 Å². The zero-order chi connectivity index (χ0) is 12.6. The second kappa shape index (κ2) is 4.27. The molecule has 3 nitrogen and oxygen atoms in total. The van der Waals surface area contributed by atoms with E-state index in [-0.39, 0.29) is 12.1 Å². The van der Waals surface area contributed by atoms with Crippen molar-refractivity contribution in [2.24, 2.45) is 0 Å². The number of aromatic nitrogens is 1. The zero-order valence-corrected chi connectivity index (χ0v) is 9.51. The number of hydrogen-bond donors (Lipinski definition) is 1. The first-order valence-electron chi connectivity index (χ1n) is 5.29. The van der Waals surface area contributed by atoms with Crippen molar-refractivity contribution in [2.45, 2.75) is 25.2 Å². The van der Waals surface area contributed by atoms with E-state index in [9.17, 15) is 13.2 Å². The van der Waals surface area contributed by atoms with Gasteiger partial charge < -0.3 is 10.1 Å². The monoisotopic (exact) mass is 246 g/mol. The molecule has 0 aliphatic carbocycles. The molecule has 0 saturated carbocycles. The molecule has 1 aromatic rings. The summed E-state index contributed by atoms with van der Waals surface area (Å²) in [6, 6.07) is 0.972. The van der Waals surface area contributed by atoms with Gasteiger partial charge in [0.1, 0.15) is 5.69 Å². The predicted molar refractivity (Wildman–Crippen MR) is 55.4 cm³/mol. The minimum Gasteiger partial charge on any atom is -0.372 e. The second-order valence-electron chi connectivity index (χ2n) is 4.01. The fraction of sp³-hybridized carbons (Fsp3) is 0.545. The first-order valence-corrected chi connectivity index (χ1v) is 5.29. The Bertz CT molecular complexity index is 420. The van der Waals surface area contributed by atoms with Crippen LogP contribution in [0.5, 0.6) is 0 Å². The number of ether oxygens (including phenoxy) is 1. The standard InChI is InChI=1S/C11H13F3N2O/c1-6-7-3-10(11(12,13)14)16-4-8(7)9(15-2)5-17-6/h3-4,6,9,15H,5H2,1-2H3/t6-,9-/m1/s1. The summed E-state index contributed by atoms with van der Waals surface area (Å²) in [5.41, 5.74) is 0.459. The van der Waals surface area contributed by atoms with Gasteiger partial charge in [-0.15, -0.1) is 0 Å². The highest BCUT2D eigenvalue weighted by atomic mass is 19.4. The molecule has 0 amide bonds. The Morgan fingerprint density at radius 3 is 2.71 bits per heavy atom. The molecular formula is C11H13F3N2O. The molecule has 94 valence electrons. The van der Waals surface area contributed by atoms with Gasteiger partial charge in [0.25, 0.3) is 0 Å². The molecule has 0 spiro atoms. The number of nitrogens with zero attached hydrogens (tertiary/aromatic N) is 1. The maximum absolute atomic E-state index is 12.5. The van der Waals surface area contributed by atoms with E-state index in [0.717, 1.165) is 11.6 Å². The van der Waals surface area contributed by atoms with E-state index < -0.39 is 11.9 Å². The maximum Gasteiger partial charge on any atom is 0.433 e. The molecule has 1 aliphatic heterocycles. The Morgan fingerprint density at radius 1 is 1.41 bits per heavy atom. The molecule has 2 heterocycles. The molecule has 6 heteroatoms. The van der Waals surface area contributed by atoms with Crippen LogP contribution < -0.4 is 5.32 Å². The number of nitrogens with one attached hydrogen (secondary N) is 1. The Balaban J connectivity index is 2.46. The van der Waals surface area contributed by atoms with Crippen molar-refractivity contribution in [2.75, 3.05) is 13.7 Å². The normalized spacial score (nSPS) is 24.5. The van der Waals surface area contributed by atoms with Crippen molar-refractivity contribution in [1.29, 1.82) is 0 Å². The number of alkyl halides is 3. The summed E-state index contributed by atoms with van der Waals surface area (Å²) < 4.78 is 43.1. The second-order valence-corrected chi connectivity index (χ2v) is 4.01. The molecule has 0 aromatic carbocycles. The molecule has 0 unspecified atom stereocenters. The Labute approximate surface area is 97.0 Å². The van der Waals surface area contributed by atoms with Gasteiger partial charge in [0, 0.05) is 6.20 Å². The summed E-state index contributed by atoms with van der Waals surface area (Å²) >= 11 is 0. The van der Waals surface area contributed by atoms with Crippen molar-refractivity contribution < 1.29 is 17.9 Å². The lowest BCUT2D eigenvalue weighted by Gasteiger charge is -2.30. The third kappa shape index (κ3) is 2.28. The lowest BCUT2D eigenvalue weighted by molar-refractivity contribution is -0.141. The molecular weight excluding hydrogens is 233 g/mol. The Morgan fingerprint density at radius 2 is 2.12 bits per heavy atom. The van der Waals surface area contributed by atoms with Gasteiger partial charge in [0.2, 0.25) is 0 Å². The summed E-state index contributed by atoms with van der Waals surface area (Å²) in [6.07, 6.45) is -3.46. The van der Waals surface area contributed by atoms with E-state index in [0.29, 0.717) is 12.2 Å². The maximum atomic E-state index is 12.5. The molecule has 1 aliphatic rings. The molecule has 0 bridgehead atoms. The molecule has 2 rings (SSSR count). The van der Waals surface area contributed by atoms with Crippen LogP contribution in [-0.4, -0.2) is 18.6 Å². The molecule has 0 fully saturated rings. The molecule has 1 N–H and O–H groups in total. The van der Waals surface area contributed by atoms with Crippen LogP contribution in [0.1, 0.15) is 35.9 Å². The van der Waals surface area contributed by atoms with E-state index >= 15 is 0 Å². The lowest BCUT2D eigenvalue weighted by atomic mass is 9.96. The predicted octanol–water partition coefficient (Wildman–Crippen LogP) is 2.45. The average Bonchev–Trinajstić information content (AvgIpc) is 2.28.